The molecule has 0 unspecified atom stereocenters. The van der Waals surface area contributed by atoms with Crippen LogP contribution in [0.4, 0.5) is 18.9 Å². The molecular formula is C20H22ClF3N2O3. The minimum atomic E-state index is -4.79. The van der Waals surface area contributed by atoms with E-state index in [0.29, 0.717) is 24.3 Å². The summed E-state index contributed by atoms with van der Waals surface area (Å²) in [7, 11) is 0. The van der Waals surface area contributed by atoms with Crippen molar-refractivity contribution in [3.63, 3.8) is 0 Å². The van der Waals surface area contributed by atoms with E-state index in [2.05, 4.69) is 15.4 Å². The first-order valence-electron chi connectivity index (χ1n) is 9.19. The highest BCUT2D eigenvalue weighted by atomic mass is 35.5. The van der Waals surface area contributed by atoms with Crippen LogP contribution in [0.5, 0.6) is 5.75 Å². The highest BCUT2D eigenvalue weighted by Crippen LogP contribution is 2.38. The van der Waals surface area contributed by atoms with Gasteiger partial charge in [0.25, 0.3) is 0 Å². The van der Waals surface area contributed by atoms with Crippen LogP contribution in [0.3, 0.4) is 0 Å². The summed E-state index contributed by atoms with van der Waals surface area (Å²) in [5, 5.41) is 16.3. The van der Waals surface area contributed by atoms with Gasteiger partial charge in [-0.05, 0) is 37.6 Å². The Hall–Kier alpha value is -2.00. The van der Waals surface area contributed by atoms with Crippen molar-refractivity contribution in [2.24, 2.45) is 0 Å². The van der Waals surface area contributed by atoms with E-state index < -0.39 is 6.36 Å². The Kier molecular flexibility index (Phi) is 7.23. The molecule has 1 aliphatic heterocycles. The number of para-hydroxylation sites is 1. The second-order valence-corrected chi connectivity index (χ2v) is 7.17. The fraction of sp³-hybridized carbons (Fsp3) is 0.400. The molecule has 9 heteroatoms. The minimum absolute atomic E-state index is 0.108. The van der Waals surface area contributed by atoms with Crippen molar-refractivity contribution >= 4 is 17.3 Å². The Morgan fingerprint density at radius 3 is 2.69 bits per heavy atom. The molecule has 0 aliphatic carbocycles. The highest BCUT2D eigenvalue weighted by Gasteiger charge is 2.32. The molecule has 2 aromatic rings. The second-order valence-electron chi connectivity index (χ2n) is 6.76. The molecule has 158 valence electrons. The smallest absolute Gasteiger partial charge is 0.405 e. The van der Waals surface area contributed by atoms with Crippen molar-refractivity contribution in [2.45, 2.75) is 31.3 Å². The lowest BCUT2D eigenvalue weighted by atomic mass is 10.0. The van der Waals surface area contributed by atoms with Gasteiger partial charge in [-0.25, -0.2) is 0 Å². The van der Waals surface area contributed by atoms with Crippen molar-refractivity contribution in [1.29, 1.82) is 0 Å². The quantitative estimate of drug-likeness (QED) is 0.449. The molecule has 2 aromatic carbocycles. The summed E-state index contributed by atoms with van der Waals surface area (Å²) < 4.78 is 47.6. The average Bonchev–Trinajstić information content (AvgIpc) is 2.65. The average molecular weight is 431 g/mol. The molecule has 1 aliphatic rings. The van der Waals surface area contributed by atoms with Gasteiger partial charge in [0.2, 0.25) is 0 Å². The van der Waals surface area contributed by atoms with Gasteiger partial charge in [0.1, 0.15) is 12.5 Å². The van der Waals surface area contributed by atoms with E-state index in [9.17, 15) is 18.3 Å². The van der Waals surface area contributed by atoms with Crippen LogP contribution in [0.1, 0.15) is 12.8 Å². The molecule has 3 rings (SSSR count). The first-order chi connectivity index (χ1) is 13.8. The molecule has 0 saturated carbocycles. The lowest BCUT2D eigenvalue weighted by molar-refractivity contribution is -0.274. The summed E-state index contributed by atoms with van der Waals surface area (Å²) in [4.78, 5) is 0. The van der Waals surface area contributed by atoms with Gasteiger partial charge in [0.15, 0.2) is 0 Å². The number of nitrogens with one attached hydrogen (secondary N) is 2. The van der Waals surface area contributed by atoms with Gasteiger partial charge < -0.3 is 25.2 Å². The van der Waals surface area contributed by atoms with Crippen LogP contribution in [0.15, 0.2) is 42.5 Å². The maximum atomic E-state index is 12.6. The molecule has 1 fully saturated rings. The number of hydrogen-bond donors (Lipinski definition) is 3. The van der Waals surface area contributed by atoms with E-state index in [-0.39, 0.29) is 35.2 Å². The third kappa shape index (κ3) is 6.50. The first kappa shape index (κ1) is 21.7. The number of piperidine rings is 1. The third-order valence-electron chi connectivity index (χ3n) is 4.54. The fourth-order valence-electron chi connectivity index (χ4n) is 3.19. The van der Waals surface area contributed by atoms with Gasteiger partial charge in [0, 0.05) is 22.9 Å². The maximum absolute atomic E-state index is 12.6. The van der Waals surface area contributed by atoms with Crippen LogP contribution in [-0.4, -0.2) is 43.5 Å². The molecule has 3 N–H and O–H groups in total. The molecule has 0 amide bonds. The SMILES string of the molecule is O[C@H]1CCN[C@@H](COCNc2ccc(-c3ccccc3OC(F)(F)F)c(Cl)c2)C1. The number of anilines is 1. The summed E-state index contributed by atoms with van der Waals surface area (Å²) in [5.74, 6) is -0.312. The number of ether oxygens (including phenoxy) is 2. The summed E-state index contributed by atoms with van der Waals surface area (Å²) in [6, 6.07) is 10.9. The number of halogens is 4. The molecule has 0 radical (unpaired) electrons. The second kappa shape index (κ2) is 9.67. The predicted octanol–water partition coefficient (Wildman–Crippen LogP) is 4.40. The normalized spacial score (nSPS) is 19.8. The Labute approximate surface area is 171 Å². The lowest BCUT2D eigenvalue weighted by Gasteiger charge is -2.27. The first-order valence-corrected chi connectivity index (χ1v) is 9.57. The number of aliphatic hydroxyl groups is 1. The third-order valence-corrected chi connectivity index (χ3v) is 4.85. The van der Waals surface area contributed by atoms with Crippen LogP contribution < -0.4 is 15.4 Å². The molecule has 0 aromatic heterocycles. The molecular weight excluding hydrogens is 409 g/mol. The Bertz CT molecular complexity index is 820. The molecule has 29 heavy (non-hydrogen) atoms. The van der Waals surface area contributed by atoms with Crippen LogP contribution in [0, 0.1) is 0 Å². The number of aliphatic hydroxyl groups excluding tert-OH is 1. The highest BCUT2D eigenvalue weighted by molar-refractivity contribution is 6.33. The summed E-state index contributed by atoms with van der Waals surface area (Å²) in [6.07, 6.45) is -3.69. The maximum Gasteiger partial charge on any atom is 0.573 e. The van der Waals surface area contributed by atoms with Crippen molar-refractivity contribution in [3.8, 4) is 16.9 Å². The molecule has 2 atom stereocenters. The van der Waals surface area contributed by atoms with E-state index in [1.54, 1.807) is 24.3 Å². The minimum Gasteiger partial charge on any atom is -0.405 e. The number of hydrogen-bond acceptors (Lipinski definition) is 5. The van der Waals surface area contributed by atoms with Crippen LogP contribution in [-0.2, 0) is 4.74 Å². The van der Waals surface area contributed by atoms with Gasteiger partial charge in [-0.15, -0.1) is 13.2 Å². The Morgan fingerprint density at radius 2 is 1.97 bits per heavy atom. The van der Waals surface area contributed by atoms with Crippen molar-refractivity contribution in [2.75, 3.05) is 25.2 Å². The van der Waals surface area contributed by atoms with Gasteiger partial charge in [0.05, 0.1) is 17.7 Å². The topological polar surface area (TPSA) is 62.8 Å². The van der Waals surface area contributed by atoms with Crippen molar-refractivity contribution in [1.82, 2.24) is 5.32 Å². The van der Waals surface area contributed by atoms with Crippen molar-refractivity contribution in [3.05, 3.63) is 47.5 Å². The monoisotopic (exact) mass is 430 g/mol. The fourth-order valence-corrected chi connectivity index (χ4v) is 3.47. The van der Waals surface area contributed by atoms with Gasteiger partial charge in [-0.2, -0.15) is 0 Å². The predicted molar refractivity (Wildman–Crippen MR) is 105 cm³/mol. The molecule has 0 spiro atoms. The zero-order valence-corrected chi connectivity index (χ0v) is 16.3. The molecule has 1 saturated heterocycles. The zero-order chi connectivity index (χ0) is 20.9. The number of benzene rings is 2. The Balaban J connectivity index is 1.59. The summed E-state index contributed by atoms with van der Waals surface area (Å²) in [5.41, 5.74) is 1.35. The number of alkyl halides is 3. The lowest BCUT2D eigenvalue weighted by Crippen LogP contribution is -2.43. The van der Waals surface area contributed by atoms with Gasteiger partial charge in [-0.1, -0.05) is 35.9 Å². The van der Waals surface area contributed by atoms with Gasteiger partial charge in [-0.3, -0.25) is 0 Å². The summed E-state index contributed by atoms with van der Waals surface area (Å²) in [6.45, 7) is 1.45. The zero-order valence-electron chi connectivity index (χ0n) is 15.5. The number of rotatable bonds is 7. The van der Waals surface area contributed by atoms with E-state index in [4.69, 9.17) is 16.3 Å². The van der Waals surface area contributed by atoms with Crippen LogP contribution in [0.25, 0.3) is 11.1 Å². The summed E-state index contributed by atoms with van der Waals surface area (Å²) >= 11 is 6.30. The van der Waals surface area contributed by atoms with Crippen LogP contribution in [0.2, 0.25) is 5.02 Å². The van der Waals surface area contributed by atoms with Crippen LogP contribution >= 0.6 is 11.6 Å². The van der Waals surface area contributed by atoms with E-state index >= 15 is 0 Å². The molecule has 1 heterocycles. The van der Waals surface area contributed by atoms with E-state index in [1.165, 1.54) is 18.2 Å². The van der Waals surface area contributed by atoms with Gasteiger partial charge >= 0.3 is 6.36 Å². The Morgan fingerprint density at radius 1 is 1.17 bits per heavy atom. The molecule has 0 bridgehead atoms. The van der Waals surface area contributed by atoms with E-state index in [1.807, 2.05) is 0 Å². The molecule has 5 nitrogen and oxygen atoms in total. The largest absolute Gasteiger partial charge is 0.573 e. The standard InChI is InChI=1S/C20H22ClF3N2O3/c21-18-10-13(26-12-28-11-14-9-15(27)7-8-25-14)5-6-16(18)17-3-1-2-4-19(17)29-20(22,23)24/h1-6,10,14-15,25-27H,7-9,11-12H2/t14-,15+/m1/s1. The van der Waals surface area contributed by atoms with Crippen molar-refractivity contribution < 1.29 is 27.8 Å². The van der Waals surface area contributed by atoms with E-state index in [0.717, 1.165) is 13.0 Å².